The van der Waals surface area contributed by atoms with Crippen LogP contribution < -0.4 is 10.1 Å². The summed E-state index contributed by atoms with van der Waals surface area (Å²) in [5.41, 5.74) is 4.98. The summed E-state index contributed by atoms with van der Waals surface area (Å²) in [5.74, 6) is 1.03. The van der Waals surface area contributed by atoms with Crippen LogP contribution in [0.15, 0.2) is 24.4 Å². The zero-order valence-corrected chi connectivity index (χ0v) is 13.0. The number of benzene rings is 1. The van der Waals surface area contributed by atoms with Crippen molar-refractivity contribution < 1.29 is 4.74 Å². The van der Waals surface area contributed by atoms with Crippen LogP contribution in [0.5, 0.6) is 5.75 Å². The first kappa shape index (κ1) is 14.1. The van der Waals surface area contributed by atoms with E-state index in [0.717, 1.165) is 37.5 Å². The van der Waals surface area contributed by atoms with Crippen molar-refractivity contribution in [3.63, 3.8) is 0 Å². The third-order valence-corrected chi connectivity index (χ3v) is 3.96. The SMILES string of the molecule is CCNCc1cn(CC2Cc3cc(C)ccc3O2)nc1C. The number of rotatable bonds is 5. The summed E-state index contributed by atoms with van der Waals surface area (Å²) in [5, 5.41) is 7.95. The van der Waals surface area contributed by atoms with E-state index in [9.17, 15) is 0 Å². The lowest BCUT2D eigenvalue weighted by molar-refractivity contribution is 0.203. The molecule has 0 saturated heterocycles. The molecule has 0 spiro atoms. The predicted molar refractivity (Wildman–Crippen MR) is 83.6 cm³/mol. The molecule has 0 bridgehead atoms. The van der Waals surface area contributed by atoms with Crippen LogP contribution in [0.4, 0.5) is 0 Å². The van der Waals surface area contributed by atoms with Gasteiger partial charge >= 0.3 is 0 Å². The van der Waals surface area contributed by atoms with Crippen LogP contribution in [-0.4, -0.2) is 22.4 Å². The number of hydrogen-bond acceptors (Lipinski definition) is 3. The Labute approximate surface area is 126 Å². The Morgan fingerprint density at radius 3 is 3.05 bits per heavy atom. The fourth-order valence-corrected chi connectivity index (χ4v) is 2.85. The van der Waals surface area contributed by atoms with Gasteiger partial charge in [0.25, 0.3) is 0 Å². The quantitative estimate of drug-likeness (QED) is 0.918. The lowest BCUT2D eigenvalue weighted by atomic mass is 10.1. The second-order valence-corrected chi connectivity index (χ2v) is 5.80. The largest absolute Gasteiger partial charge is 0.488 e. The van der Waals surface area contributed by atoms with E-state index in [0.29, 0.717) is 0 Å². The molecule has 1 N–H and O–H groups in total. The van der Waals surface area contributed by atoms with Gasteiger partial charge in [0.1, 0.15) is 11.9 Å². The molecule has 0 aliphatic carbocycles. The highest BCUT2D eigenvalue weighted by Gasteiger charge is 2.23. The van der Waals surface area contributed by atoms with Crippen molar-refractivity contribution in [3.05, 3.63) is 46.8 Å². The molecule has 1 aliphatic rings. The van der Waals surface area contributed by atoms with Crippen molar-refractivity contribution in [2.24, 2.45) is 0 Å². The molecule has 1 aromatic heterocycles. The van der Waals surface area contributed by atoms with Gasteiger partial charge in [-0.05, 0) is 32.0 Å². The van der Waals surface area contributed by atoms with Gasteiger partial charge in [0.05, 0.1) is 12.2 Å². The molecule has 21 heavy (non-hydrogen) atoms. The van der Waals surface area contributed by atoms with Gasteiger partial charge < -0.3 is 10.1 Å². The highest BCUT2D eigenvalue weighted by Crippen LogP contribution is 2.30. The van der Waals surface area contributed by atoms with Crippen molar-refractivity contribution in [1.82, 2.24) is 15.1 Å². The third kappa shape index (κ3) is 3.10. The Kier molecular flexibility index (Phi) is 3.97. The zero-order chi connectivity index (χ0) is 14.8. The normalized spacial score (nSPS) is 16.8. The van der Waals surface area contributed by atoms with Gasteiger partial charge in [-0.3, -0.25) is 4.68 Å². The molecule has 0 fully saturated rings. The molecule has 112 valence electrons. The van der Waals surface area contributed by atoms with E-state index in [2.05, 4.69) is 55.6 Å². The average molecular weight is 285 g/mol. The first-order valence-electron chi connectivity index (χ1n) is 7.65. The molecule has 0 saturated carbocycles. The van der Waals surface area contributed by atoms with E-state index in [1.807, 2.05) is 4.68 Å². The summed E-state index contributed by atoms with van der Waals surface area (Å²) in [6.45, 7) is 8.97. The Hall–Kier alpha value is -1.81. The first-order chi connectivity index (χ1) is 10.2. The monoisotopic (exact) mass is 285 g/mol. The van der Waals surface area contributed by atoms with Gasteiger partial charge in [-0.2, -0.15) is 5.10 Å². The summed E-state index contributed by atoms with van der Waals surface area (Å²) in [7, 11) is 0. The highest BCUT2D eigenvalue weighted by atomic mass is 16.5. The Morgan fingerprint density at radius 2 is 2.24 bits per heavy atom. The van der Waals surface area contributed by atoms with E-state index in [-0.39, 0.29) is 6.10 Å². The molecule has 4 heteroatoms. The van der Waals surface area contributed by atoms with Crippen LogP contribution in [-0.2, 0) is 19.5 Å². The van der Waals surface area contributed by atoms with Crippen molar-refractivity contribution >= 4 is 0 Å². The number of hydrogen-bond donors (Lipinski definition) is 1. The summed E-state index contributed by atoms with van der Waals surface area (Å²) in [6.07, 6.45) is 3.29. The van der Waals surface area contributed by atoms with Crippen LogP contribution >= 0.6 is 0 Å². The first-order valence-corrected chi connectivity index (χ1v) is 7.65. The predicted octanol–water partition coefficient (Wildman–Crippen LogP) is 2.61. The lowest BCUT2D eigenvalue weighted by Gasteiger charge is -2.10. The number of fused-ring (bicyclic) bond motifs is 1. The Morgan fingerprint density at radius 1 is 1.38 bits per heavy atom. The molecule has 0 amide bonds. The van der Waals surface area contributed by atoms with Crippen molar-refractivity contribution in [1.29, 1.82) is 0 Å². The molecule has 1 aromatic carbocycles. The minimum absolute atomic E-state index is 0.188. The molecular formula is C17H23N3O. The van der Waals surface area contributed by atoms with E-state index >= 15 is 0 Å². The van der Waals surface area contributed by atoms with Crippen LogP contribution in [0.3, 0.4) is 0 Å². The number of ether oxygens (including phenoxy) is 1. The molecule has 1 atom stereocenters. The summed E-state index contributed by atoms with van der Waals surface area (Å²) in [6, 6.07) is 6.41. The van der Waals surface area contributed by atoms with Crippen LogP contribution in [0, 0.1) is 13.8 Å². The maximum absolute atomic E-state index is 6.02. The van der Waals surface area contributed by atoms with Crippen LogP contribution in [0.2, 0.25) is 0 Å². The molecule has 1 aliphatic heterocycles. The van der Waals surface area contributed by atoms with E-state index in [1.165, 1.54) is 16.7 Å². The third-order valence-electron chi connectivity index (χ3n) is 3.96. The van der Waals surface area contributed by atoms with Gasteiger partial charge in [0, 0.05) is 24.7 Å². The van der Waals surface area contributed by atoms with E-state index in [4.69, 9.17) is 4.74 Å². The highest BCUT2D eigenvalue weighted by molar-refractivity contribution is 5.40. The maximum atomic E-state index is 6.02. The number of aromatic nitrogens is 2. The molecule has 2 aromatic rings. The number of nitrogens with one attached hydrogen (secondary N) is 1. The lowest BCUT2D eigenvalue weighted by Crippen LogP contribution is -2.21. The van der Waals surface area contributed by atoms with E-state index < -0.39 is 0 Å². The second-order valence-electron chi connectivity index (χ2n) is 5.80. The van der Waals surface area contributed by atoms with Crippen molar-refractivity contribution in [3.8, 4) is 5.75 Å². The zero-order valence-electron chi connectivity index (χ0n) is 13.0. The van der Waals surface area contributed by atoms with Gasteiger partial charge in [0.15, 0.2) is 0 Å². The van der Waals surface area contributed by atoms with Gasteiger partial charge in [-0.25, -0.2) is 0 Å². The summed E-state index contributed by atoms with van der Waals surface area (Å²) >= 11 is 0. The number of nitrogens with zero attached hydrogens (tertiary/aromatic N) is 2. The molecule has 2 heterocycles. The minimum atomic E-state index is 0.188. The molecule has 3 rings (SSSR count). The topological polar surface area (TPSA) is 39.1 Å². The van der Waals surface area contributed by atoms with Crippen LogP contribution in [0.25, 0.3) is 0 Å². The minimum Gasteiger partial charge on any atom is -0.488 e. The van der Waals surface area contributed by atoms with Gasteiger partial charge in [0.2, 0.25) is 0 Å². The molecular weight excluding hydrogens is 262 g/mol. The molecule has 0 radical (unpaired) electrons. The standard InChI is InChI=1S/C17H23N3O/c1-4-18-9-15-10-20(19-13(15)3)11-16-8-14-7-12(2)5-6-17(14)21-16/h5-7,10,16,18H,4,8-9,11H2,1-3H3. The average Bonchev–Trinajstić information content (AvgIpc) is 2.99. The summed E-state index contributed by atoms with van der Waals surface area (Å²) in [4.78, 5) is 0. The number of aryl methyl sites for hydroxylation is 2. The summed E-state index contributed by atoms with van der Waals surface area (Å²) < 4.78 is 8.04. The fraction of sp³-hybridized carbons (Fsp3) is 0.471. The van der Waals surface area contributed by atoms with Crippen LogP contribution in [0.1, 0.15) is 29.3 Å². The second kappa shape index (κ2) is 5.90. The molecule has 4 nitrogen and oxygen atoms in total. The Bertz CT molecular complexity index is 633. The van der Waals surface area contributed by atoms with Gasteiger partial charge in [-0.15, -0.1) is 0 Å². The maximum Gasteiger partial charge on any atom is 0.123 e. The fourth-order valence-electron chi connectivity index (χ4n) is 2.85. The van der Waals surface area contributed by atoms with E-state index in [1.54, 1.807) is 0 Å². The smallest absolute Gasteiger partial charge is 0.123 e. The van der Waals surface area contributed by atoms with Gasteiger partial charge in [-0.1, -0.05) is 24.6 Å². The van der Waals surface area contributed by atoms with Crippen molar-refractivity contribution in [2.45, 2.75) is 46.4 Å². The Balaban J connectivity index is 1.66. The molecule has 1 unspecified atom stereocenters. The van der Waals surface area contributed by atoms with Crippen molar-refractivity contribution in [2.75, 3.05) is 6.54 Å².